The van der Waals surface area contributed by atoms with Crippen LogP contribution in [-0.4, -0.2) is 41.5 Å². The maximum Gasteiger partial charge on any atom is 0.253 e. The molecule has 4 rings (SSSR count). The molecule has 1 aromatic heterocycles. The number of halogens is 1. The van der Waals surface area contributed by atoms with Gasteiger partial charge in [0.2, 0.25) is 0 Å². The molecule has 0 unspecified atom stereocenters. The van der Waals surface area contributed by atoms with Crippen LogP contribution in [0, 0.1) is 0 Å². The SMILES string of the molecule is CCN(c1ccc(C(=O)N2CCC(c3nc4cc(Cl)ccc4o3)CC2)cc1)C(C)C. The summed E-state index contributed by atoms with van der Waals surface area (Å²) < 4.78 is 5.93. The van der Waals surface area contributed by atoms with Gasteiger partial charge in [0.25, 0.3) is 5.91 Å². The molecule has 3 aromatic rings. The number of amides is 1. The average Bonchev–Trinajstić information content (AvgIpc) is 3.17. The van der Waals surface area contributed by atoms with Crippen molar-refractivity contribution in [3.63, 3.8) is 0 Å². The fourth-order valence-corrected chi connectivity index (χ4v) is 4.41. The van der Waals surface area contributed by atoms with Crippen molar-refractivity contribution in [2.75, 3.05) is 24.5 Å². The summed E-state index contributed by atoms with van der Waals surface area (Å²) in [5.74, 6) is 1.07. The minimum atomic E-state index is 0.0944. The highest BCUT2D eigenvalue weighted by molar-refractivity contribution is 6.31. The van der Waals surface area contributed by atoms with Crippen LogP contribution in [0.25, 0.3) is 11.1 Å². The first-order valence-corrected chi connectivity index (χ1v) is 11.1. The summed E-state index contributed by atoms with van der Waals surface area (Å²) in [6.07, 6.45) is 1.70. The number of hydrogen-bond acceptors (Lipinski definition) is 4. The summed E-state index contributed by atoms with van der Waals surface area (Å²) in [7, 11) is 0. The first-order valence-electron chi connectivity index (χ1n) is 10.7. The van der Waals surface area contributed by atoms with Crippen LogP contribution >= 0.6 is 11.6 Å². The third-order valence-electron chi connectivity index (χ3n) is 5.91. The minimum Gasteiger partial charge on any atom is -0.440 e. The minimum absolute atomic E-state index is 0.0944. The number of hydrogen-bond donors (Lipinski definition) is 0. The van der Waals surface area contributed by atoms with Crippen LogP contribution in [0.3, 0.4) is 0 Å². The Kier molecular flexibility index (Phi) is 6.00. The number of rotatable bonds is 5. The Balaban J connectivity index is 1.40. The largest absolute Gasteiger partial charge is 0.440 e. The van der Waals surface area contributed by atoms with E-state index >= 15 is 0 Å². The Morgan fingerprint density at radius 3 is 2.53 bits per heavy atom. The molecular formula is C24H28ClN3O2. The molecule has 30 heavy (non-hydrogen) atoms. The Morgan fingerprint density at radius 2 is 1.90 bits per heavy atom. The average molecular weight is 426 g/mol. The summed E-state index contributed by atoms with van der Waals surface area (Å²) >= 11 is 6.05. The number of piperidine rings is 1. The smallest absolute Gasteiger partial charge is 0.253 e. The number of fused-ring (bicyclic) bond motifs is 1. The third kappa shape index (κ3) is 4.17. The second-order valence-electron chi connectivity index (χ2n) is 8.16. The maximum atomic E-state index is 13.0. The molecule has 2 heterocycles. The summed E-state index contributed by atoms with van der Waals surface area (Å²) in [6.45, 7) is 8.86. The molecular weight excluding hydrogens is 398 g/mol. The Bertz CT molecular complexity index is 1020. The van der Waals surface area contributed by atoms with Crippen molar-refractivity contribution in [2.24, 2.45) is 0 Å². The first-order chi connectivity index (χ1) is 14.5. The number of carbonyl (C=O) groups is 1. The van der Waals surface area contributed by atoms with Gasteiger partial charge in [0.05, 0.1) is 0 Å². The van der Waals surface area contributed by atoms with Crippen LogP contribution < -0.4 is 4.90 Å². The van der Waals surface area contributed by atoms with Crippen molar-refractivity contribution >= 4 is 34.3 Å². The van der Waals surface area contributed by atoms with Crippen molar-refractivity contribution < 1.29 is 9.21 Å². The van der Waals surface area contributed by atoms with Gasteiger partial charge in [0, 0.05) is 47.9 Å². The molecule has 1 aliphatic heterocycles. The molecule has 0 radical (unpaired) electrons. The quantitative estimate of drug-likeness (QED) is 0.523. The number of likely N-dealkylation sites (tertiary alicyclic amines) is 1. The van der Waals surface area contributed by atoms with Gasteiger partial charge < -0.3 is 14.2 Å². The Labute approximate surface area is 182 Å². The molecule has 1 fully saturated rings. The standard InChI is InChI=1S/C24H28ClN3O2/c1-4-28(16(2)3)20-8-5-18(6-9-20)24(29)27-13-11-17(12-14-27)23-26-21-15-19(25)7-10-22(21)30-23/h5-10,15-17H,4,11-14H2,1-3H3. The van der Waals surface area contributed by atoms with E-state index in [9.17, 15) is 4.79 Å². The topological polar surface area (TPSA) is 49.6 Å². The van der Waals surface area contributed by atoms with Gasteiger partial charge in [0.15, 0.2) is 11.5 Å². The van der Waals surface area contributed by atoms with Gasteiger partial charge in [-0.25, -0.2) is 4.98 Å². The zero-order chi connectivity index (χ0) is 21.3. The number of benzene rings is 2. The lowest BCUT2D eigenvalue weighted by Gasteiger charge is -2.31. The van der Waals surface area contributed by atoms with Gasteiger partial charge in [-0.2, -0.15) is 0 Å². The van der Waals surface area contributed by atoms with E-state index in [-0.39, 0.29) is 11.8 Å². The van der Waals surface area contributed by atoms with Crippen molar-refractivity contribution in [2.45, 2.75) is 45.6 Å². The molecule has 158 valence electrons. The predicted octanol–water partition coefficient (Wildman–Crippen LogP) is 5.74. The van der Waals surface area contributed by atoms with Crippen LogP contribution in [0.1, 0.15) is 55.8 Å². The summed E-state index contributed by atoms with van der Waals surface area (Å²) in [6, 6.07) is 13.9. The van der Waals surface area contributed by atoms with Gasteiger partial charge in [0.1, 0.15) is 5.52 Å². The molecule has 1 saturated heterocycles. The van der Waals surface area contributed by atoms with Crippen molar-refractivity contribution in [3.05, 3.63) is 58.9 Å². The molecule has 5 nitrogen and oxygen atoms in total. The van der Waals surface area contributed by atoms with Gasteiger partial charge >= 0.3 is 0 Å². The van der Waals surface area contributed by atoms with Gasteiger partial charge in [-0.1, -0.05) is 11.6 Å². The second-order valence-corrected chi connectivity index (χ2v) is 8.59. The number of aromatic nitrogens is 1. The van der Waals surface area contributed by atoms with E-state index in [0.717, 1.165) is 47.6 Å². The van der Waals surface area contributed by atoms with Crippen LogP contribution in [0.5, 0.6) is 0 Å². The van der Waals surface area contributed by atoms with Crippen LogP contribution in [0.15, 0.2) is 46.9 Å². The predicted molar refractivity (Wildman–Crippen MR) is 121 cm³/mol. The lowest BCUT2D eigenvalue weighted by Crippen LogP contribution is -2.38. The lowest BCUT2D eigenvalue weighted by molar-refractivity contribution is 0.0707. The van der Waals surface area contributed by atoms with Gasteiger partial charge in [-0.05, 0) is 76.1 Å². The van der Waals surface area contributed by atoms with Crippen LogP contribution in [-0.2, 0) is 0 Å². The Morgan fingerprint density at radius 1 is 1.20 bits per heavy atom. The Hall–Kier alpha value is -2.53. The first kappa shape index (κ1) is 20.7. The molecule has 0 bridgehead atoms. The van der Waals surface area contributed by atoms with E-state index in [0.29, 0.717) is 24.2 Å². The maximum absolute atomic E-state index is 13.0. The van der Waals surface area contributed by atoms with Gasteiger partial charge in [-0.15, -0.1) is 0 Å². The van der Waals surface area contributed by atoms with E-state index < -0.39 is 0 Å². The van der Waals surface area contributed by atoms with E-state index in [1.807, 2.05) is 47.4 Å². The molecule has 0 saturated carbocycles. The van der Waals surface area contributed by atoms with Crippen LogP contribution in [0.4, 0.5) is 5.69 Å². The van der Waals surface area contributed by atoms with E-state index in [2.05, 4.69) is 30.7 Å². The summed E-state index contributed by atoms with van der Waals surface area (Å²) in [5, 5.41) is 0.657. The fraction of sp³-hybridized carbons (Fsp3) is 0.417. The molecule has 0 N–H and O–H groups in total. The zero-order valence-corrected chi connectivity index (χ0v) is 18.5. The number of anilines is 1. The van der Waals surface area contributed by atoms with Crippen LogP contribution in [0.2, 0.25) is 5.02 Å². The fourth-order valence-electron chi connectivity index (χ4n) is 4.25. The second kappa shape index (κ2) is 8.68. The number of nitrogens with zero attached hydrogens (tertiary/aromatic N) is 3. The van der Waals surface area contributed by atoms with E-state index in [4.69, 9.17) is 16.0 Å². The van der Waals surface area contributed by atoms with Crippen molar-refractivity contribution in [3.8, 4) is 0 Å². The van der Waals surface area contributed by atoms with E-state index in [1.165, 1.54) is 0 Å². The molecule has 1 amide bonds. The summed E-state index contributed by atoms with van der Waals surface area (Å²) in [4.78, 5) is 21.8. The number of oxazole rings is 1. The highest BCUT2D eigenvalue weighted by Gasteiger charge is 2.27. The van der Waals surface area contributed by atoms with Crippen molar-refractivity contribution in [1.29, 1.82) is 0 Å². The molecule has 2 aromatic carbocycles. The monoisotopic (exact) mass is 425 g/mol. The van der Waals surface area contributed by atoms with Gasteiger partial charge in [-0.3, -0.25) is 4.79 Å². The number of carbonyl (C=O) groups excluding carboxylic acids is 1. The highest BCUT2D eigenvalue weighted by atomic mass is 35.5. The molecule has 1 aliphatic rings. The van der Waals surface area contributed by atoms with E-state index in [1.54, 1.807) is 0 Å². The summed E-state index contributed by atoms with van der Waals surface area (Å²) in [5.41, 5.74) is 3.45. The molecule has 0 spiro atoms. The highest BCUT2D eigenvalue weighted by Crippen LogP contribution is 2.31. The lowest BCUT2D eigenvalue weighted by atomic mass is 9.96. The molecule has 6 heteroatoms. The normalized spacial score (nSPS) is 15.2. The molecule has 0 aliphatic carbocycles. The van der Waals surface area contributed by atoms with Crippen molar-refractivity contribution in [1.82, 2.24) is 9.88 Å². The molecule has 0 atom stereocenters. The third-order valence-corrected chi connectivity index (χ3v) is 6.14. The zero-order valence-electron chi connectivity index (χ0n) is 17.8.